The lowest BCUT2D eigenvalue weighted by atomic mass is 10.1. The number of ether oxygens (including phenoxy) is 1. The molecule has 0 radical (unpaired) electrons. The van der Waals surface area contributed by atoms with Crippen molar-refractivity contribution in [3.63, 3.8) is 0 Å². The van der Waals surface area contributed by atoms with Gasteiger partial charge in [-0.05, 0) is 36.5 Å². The number of hydrogen-bond donors (Lipinski definition) is 1. The highest BCUT2D eigenvalue weighted by Gasteiger charge is 2.32. The molecule has 28 heavy (non-hydrogen) atoms. The lowest BCUT2D eigenvalue weighted by Crippen LogP contribution is -2.22. The Balaban J connectivity index is 1.88. The van der Waals surface area contributed by atoms with Gasteiger partial charge in [-0.25, -0.2) is 0 Å². The number of nitro benzene ring substituents is 1. The van der Waals surface area contributed by atoms with Gasteiger partial charge in [0.05, 0.1) is 23.2 Å². The number of hydrazone groups is 1. The molecule has 2 aromatic carbocycles. The maximum absolute atomic E-state index is 12.6. The second kappa shape index (κ2) is 8.19. The number of methoxy groups -OCH3 is 1. The quantitative estimate of drug-likeness (QED) is 0.262. The number of thiocarbonyl (C=S) groups is 1. The summed E-state index contributed by atoms with van der Waals surface area (Å²) in [6, 6.07) is 10.7. The summed E-state index contributed by atoms with van der Waals surface area (Å²) in [6.07, 6.45) is 2.80. The average Bonchev–Trinajstić information content (AvgIpc) is 2.94. The number of benzene rings is 2. The topological polar surface area (TPSA) is 105 Å². The van der Waals surface area contributed by atoms with Gasteiger partial charge in [-0.3, -0.25) is 14.9 Å². The van der Waals surface area contributed by atoms with Gasteiger partial charge in [0.1, 0.15) is 11.5 Å². The molecule has 0 aromatic heterocycles. The molecular formula is C18H13N3O5S2. The van der Waals surface area contributed by atoms with Crippen molar-refractivity contribution in [1.29, 1.82) is 0 Å². The number of phenols is 1. The van der Waals surface area contributed by atoms with Crippen molar-refractivity contribution < 1.29 is 19.6 Å². The van der Waals surface area contributed by atoms with Crippen LogP contribution in [0.4, 0.5) is 5.69 Å². The number of phenolic OH excluding ortho intramolecular Hbond substituents is 1. The predicted molar refractivity (Wildman–Crippen MR) is 110 cm³/mol. The van der Waals surface area contributed by atoms with Gasteiger partial charge in [-0.1, -0.05) is 23.9 Å². The molecule has 0 atom stereocenters. The number of amides is 1. The number of para-hydroxylation sites is 1. The molecule has 1 heterocycles. The normalized spacial score (nSPS) is 15.6. The summed E-state index contributed by atoms with van der Waals surface area (Å²) < 4.78 is 5.43. The first-order valence-corrected chi connectivity index (χ1v) is 9.05. The van der Waals surface area contributed by atoms with E-state index in [4.69, 9.17) is 17.0 Å². The van der Waals surface area contributed by atoms with E-state index in [-0.39, 0.29) is 26.2 Å². The number of carbonyl (C=O) groups excluding carboxylic acids is 1. The van der Waals surface area contributed by atoms with Crippen LogP contribution in [0, 0.1) is 10.1 Å². The van der Waals surface area contributed by atoms with Crippen LogP contribution in [0.1, 0.15) is 11.1 Å². The Kier molecular flexibility index (Phi) is 5.71. The highest BCUT2D eigenvalue weighted by molar-refractivity contribution is 8.26. The van der Waals surface area contributed by atoms with Gasteiger partial charge in [0.15, 0.2) is 4.32 Å². The van der Waals surface area contributed by atoms with E-state index in [0.29, 0.717) is 11.3 Å². The van der Waals surface area contributed by atoms with Crippen LogP contribution in [-0.2, 0) is 4.79 Å². The fourth-order valence-corrected chi connectivity index (χ4v) is 3.53. The van der Waals surface area contributed by atoms with E-state index in [1.165, 1.54) is 37.6 Å². The molecule has 2 aromatic rings. The molecule has 0 unspecified atom stereocenters. The molecule has 1 aliphatic rings. The van der Waals surface area contributed by atoms with Crippen LogP contribution >= 0.6 is 24.0 Å². The van der Waals surface area contributed by atoms with Crippen LogP contribution in [0.3, 0.4) is 0 Å². The summed E-state index contributed by atoms with van der Waals surface area (Å²) in [6.45, 7) is 0. The van der Waals surface area contributed by atoms with Crippen molar-refractivity contribution in [2.24, 2.45) is 5.10 Å². The monoisotopic (exact) mass is 415 g/mol. The molecule has 142 valence electrons. The molecule has 1 N–H and O–H groups in total. The van der Waals surface area contributed by atoms with Crippen LogP contribution in [0.15, 0.2) is 52.5 Å². The molecule has 1 saturated heterocycles. The number of thioether (sulfide) groups is 1. The minimum Gasteiger partial charge on any atom is -0.507 e. The number of non-ortho nitro benzene ring substituents is 1. The molecule has 0 spiro atoms. The zero-order valence-corrected chi connectivity index (χ0v) is 16.1. The van der Waals surface area contributed by atoms with Crippen molar-refractivity contribution in [3.8, 4) is 11.5 Å². The van der Waals surface area contributed by atoms with Crippen molar-refractivity contribution >= 4 is 52.2 Å². The van der Waals surface area contributed by atoms with Crippen molar-refractivity contribution in [1.82, 2.24) is 5.01 Å². The molecule has 1 amide bonds. The molecule has 8 nitrogen and oxygen atoms in total. The molecule has 1 aliphatic heterocycles. The number of nitrogens with zero attached hydrogens (tertiary/aromatic N) is 3. The number of hydrogen-bond acceptors (Lipinski definition) is 8. The predicted octanol–water partition coefficient (Wildman–Crippen LogP) is 3.54. The molecule has 1 fully saturated rings. The third kappa shape index (κ3) is 4.02. The maximum Gasteiger partial charge on any atom is 0.286 e. The number of rotatable bonds is 5. The maximum atomic E-state index is 12.6. The van der Waals surface area contributed by atoms with E-state index in [1.807, 2.05) is 6.07 Å². The van der Waals surface area contributed by atoms with Gasteiger partial charge < -0.3 is 9.84 Å². The van der Waals surface area contributed by atoms with E-state index in [2.05, 4.69) is 5.10 Å². The Hall–Kier alpha value is -3.24. The second-order valence-corrected chi connectivity index (χ2v) is 7.16. The van der Waals surface area contributed by atoms with Crippen molar-refractivity contribution in [2.45, 2.75) is 0 Å². The van der Waals surface area contributed by atoms with Gasteiger partial charge in [0, 0.05) is 23.3 Å². The van der Waals surface area contributed by atoms with Gasteiger partial charge >= 0.3 is 0 Å². The third-order valence-corrected chi connectivity index (χ3v) is 5.02. The van der Waals surface area contributed by atoms with E-state index in [1.54, 1.807) is 18.2 Å². The molecule has 0 aliphatic carbocycles. The Morgan fingerprint density at radius 2 is 2.04 bits per heavy atom. The first-order valence-electron chi connectivity index (χ1n) is 7.83. The van der Waals surface area contributed by atoms with Crippen LogP contribution in [0.25, 0.3) is 6.08 Å². The summed E-state index contributed by atoms with van der Waals surface area (Å²) in [5, 5.41) is 26.0. The Morgan fingerprint density at radius 3 is 2.75 bits per heavy atom. The van der Waals surface area contributed by atoms with Gasteiger partial charge in [-0.2, -0.15) is 10.1 Å². The summed E-state index contributed by atoms with van der Waals surface area (Å²) in [7, 11) is 1.53. The molecule has 0 bridgehead atoms. The fraction of sp³-hybridized carbons (Fsp3) is 0.0556. The van der Waals surface area contributed by atoms with E-state index >= 15 is 0 Å². The lowest BCUT2D eigenvalue weighted by molar-refractivity contribution is -0.384. The Bertz CT molecular complexity index is 1040. The second-order valence-electron chi connectivity index (χ2n) is 5.48. The molecular weight excluding hydrogens is 402 g/mol. The average molecular weight is 415 g/mol. The largest absolute Gasteiger partial charge is 0.507 e. The summed E-state index contributed by atoms with van der Waals surface area (Å²) in [4.78, 5) is 23.1. The van der Waals surface area contributed by atoms with Crippen molar-refractivity contribution in [2.75, 3.05) is 7.11 Å². The Labute approximate surface area is 169 Å². The lowest BCUT2D eigenvalue weighted by Gasteiger charge is -2.07. The molecule has 0 saturated carbocycles. The standard InChI is InChI=1S/C18H13N3O5S2/c1-26-15-5-3-2-4-11(15)10-19-20-17(23)16(28-18(20)27)9-12-8-13(21(24)25)6-7-14(12)22/h2-10,22H,1H3. The van der Waals surface area contributed by atoms with Crippen LogP contribution in [0.2, 0.25) is 0 Å². The number of carbonyl (C=O) groups is 1. The highest BCUT2D eigenvalue weighted by atomic mass is 32.2. The van der Waals surface area contributed by atoms with Crippen LogP contribution in [-0.4, -0.2) is 38.6 Å². The summed E-state index contributed by atoms with van der Waals surface area (Å²) >= 11 is 6.19. The van der Waals surface area contributed by atoms with E-state index in [9.17, 15) is 20.0 Å². The van der Waals surface area contributed by atoms with Crippen LogP contribution < -0.4 is 4.74 Å². The zero-order chi connectivity index (χ0) is 20.3. The number of nitro groups is 1. The minimum absolute atomic E-state index is 0.142. The van der Waals surface area contributed by atoms with E-state index < -0.39 is 10.8 Å². The first kappa shape index (κ1) is 19.5. The smallest absolute Gasteiger partial charge is 0.286 e. The SMILES string of the molecule is COc1ccccc1C=NN1C(=O)C(=Cc2cc([N+](=O)[O-])ccc2O)SC1=S. The molecule has 3 rings (SSSR count). The first-order chi connectivity index (χ1) is 13.4. The minimum atomic E-state index is -0.584. The zero-order valence-electron chi connectivity index (χ0n) is 14.4. The molecule has 10 heteroatoms. The number of aromatic hydroxyl groups is 1. The fourth-order valence-electron chi connectivity index (χ4n) is 2.36. The Morgan fingerprint density at radius 1 is 1.29 bits per heavy atom. The highest BCUT2D eigenvalue weighted by Crippen LogP contribution is 2.35. The summed E-state index contributed by atoms with van der Waals surface area (Å²) in [5.74, 6) is -0.0887. The van der Waals surface area contributed by atoms with Gasteiger partial charge in [0.25, 0.3) is 11.6 Å². The summed E-state index contributed by atoms with van der Waals surface area (Å²) in [5.41, 5.74) is 0.608. The third-order valence-electron chi connectivity index (χ3n) is 3.73. The van der Waals surface area contributed by atoms with Crippen LogP contribution in [0.5, 0.6) is 11.5 Å². The van der Waals surface area contributed by atoms with Gasteiger partial charge in [-0.15, -0.1) is 0 Å². The van der Waals surface area contributed by atoms with E-state index in [0.717, 1.165) is 16.8 Å². The van der Waals surface area contributed by atoms with Crippen molar-refractivity contribution in [3.05, 3.63) is 68.6 Å². The van der Waals surface area contributed by atoms with Gasteiger partial charge in [0.2, 0.25) is 0 Å².